The van der Waals surface area contributed by atoms with E-state index in [1.54, 1.807) is 30.3 Å². The lowest BCUT2D eigenvalue weighted by Gasteiger charge is -2.16. The molecule has 0 aliphatic carbocycles. The number of amides is 2. The summed E-state index contributed by atoms with van der Waals surface area (Å²) in [6, 6.07) is 18.0. The number of hydrogen-bond acceptors (Lipinski definition) is 6. The summed E-state index contributed by atoms with van der Waals surface area (Å²) in [6.07, 6.45) is 0. The molecule has 0 bridgehead atoms. The lowest BCUT2D eigenvalue weighted by atomic mass is 10.1. The fourth-order valence-corrected chi connectivity index (χ4v) is 3.73. The highest BCUT2D eigenvalue weighted by Gasteiger charge is 2.20. The summed E-state index contributed by atoms with van der Waals surface area (Å²) in [5.41, 5.74) is 0.502. The molecule has 3 N–H and O–H groups in total. The minimum absolute atomic E-state index is 0.0185. The molecule has 0 fully saturated rings. The summed E-state index contributed by atoms with van der Waals surface area (Å²) < 4.78 is 1.25. The third kappa shape index (κ3) is 5.52. The van der Waals surface area contributed by atoms with Crippen LogP contribution in [0.25, 0.3) is 5.69 Å². The predicted molar refractivity (Wildman–Crippen MR) is 120 cm³/mol. The number of hydrogen-bond donors (Lipinski definition) is 3. The average Bonchev–Trinajstić information content (AvgIpc) is 2.76. The first-order valence-electron chi connectivity index (χ1n) is 9.53. The largest absolute Gasteiger partial charge is 0.492 e. The fraction of sp³-hybridized carbons (Fsp3) is 0.182. The molecular formula is C22H22N4O4S. The van der Waals surface area contributed by atoms with Gasteiger partial charge in [-0.3, -0.25) is 19.0 Å². The molecule has 1 aromatic heterocycles. The summed E-state index contributed by atoms with van der Waals surface area (Å²) in [5, 5.41) is 15.5. The Labute approximate surface area is 183 Å². The van der Waals surface area contributed by atoms with Crippen molar-refractivity contribution < 1.29 is 14.7 Å². The highest BCUT2D eigenvalue weighted by molar-refractivity contribution is 7.99. The van der Waals surface area contributed by atoms with Crippen molar-refractivity contribution in [3.63, 3.8) is 0 Å². The number of nitrogens with zero attached hydrogens (tertiary/aromatic N) is 2. The quantitative estimate of drug-likeness (QED) is 0.386. The maximum Gasteiger partial charge on any atom is 0.286 e. The van der Waals surface area contributed by atoms with Gasteiger partial charge in [-0.15, -0.1) is 0 Å². The van der Waals surface area contributed by atoms with Gasteiger partial charge < -0.3 is 15.7 Å². The molecular weight excluding hydrogens is 416 g/mol. The van der Waals surface area contributed by atoms with E-state index in [0.29, 0.717) is 5.69 Å². The van der Waals surface area contributed by atoms with Crippen molar-refractivity contribution in [1.29, 1.82) is 0 Å². The molecule has 160 valence electrons. The molecule has 9 heteroatoms. The van der Waals surface area contributed by atoms with Gasteiger partial charge in [-0.05, 0) is 24.6 Å². The molecule has 0 aliphatic heterocycles. The van der Waals surface area contributed by atoms with Gasteiger partial charge in [0.15, 0.2) is 10.8 Å². The molecule has 1 atom stereocenters. The first kappa shape index (κ1) is 22.1. The lowest BCUT2D eigenvalue weighted by Crippen LogP contribution is -2.29. The number of aromatic hydroxyl groups is 1. The van der Waals surface area contributed by atoms with Crippen molar-refractivity contribution >= 4 is 29.3 Å². The number of nitrogens with one attached hydrogen (secondary N) is 2. The minimum atomic E-state index is -0.644. The van der Waals surface area contributed by atoms with Crippen LogP contribution < -0.4 is 16.2 Å². The first-order chi connectivity index (χ1) is 14.9. The molecule has 0 saturated carbocycles. The van der Waals surface area contributed by atoms with E-state index in [9.17, 15) is 19.5 Å². The van der Waals surface area contributed by atoms with Crippen LogP contribution in [0.5, 0.6) is 5.88 Å². The highest BCUT2D eigenvalue weighted by Crippen LogP contribution is 2.25. The summed E-state index contributed by atoms with van der Waals surface area (Å²) >= 11 is 1.01. The van der Waals surface area contributed by atoms with E-state index in [1.165, 1.54) is 11.5 Å². The lowest BCUT2D eigenvalue weighted by molar-refractivity contribution is -0.119. The Bertz CT molecular complexity index is 1130. The Kier molecular flexibility index (Phi) is 7.09. The monoisotopic (exact) mass is 438 g/mol. The number of rotatable bonds is 7. The average molecular weight is 439 g/mol. The van der Waals surface area contributed by atoms with Crippen LogP contribution in [0.4, 0.5) is 5.69 Å². The smallest absolute Gasteiger partial charge is 0.286 e. The molecule has 0 saturated heterocycles. The van der Waals surface area contributed by atoms with Crippen LogP contribution in [0, 0.1) is 0 Å². The van der Waals surface area contributed by atoms with Gasteiger partial charge in [0.05, 0.1) is 17.5 Å². The van der Waals surface area contributed by atoms with Crippen molar-refractivity contribution in [3.8, 4) is 11.6 Å². The van der Waals surface area contributed by atoms with E-state index in [1.807, 2.05) is 37.3 Å². The van der Waals surface area contributed by atoms with Crippen molar-refractivity contribution in [2.24, 2.45) is 0 Å². The van der Waals surface area contributed by atoms with Crippen molar-refractivity contribution in [1.82, 2.24) is 14.9 Å². The molecule has 3 rings (SSSR count). The van der Waals surface area contributed by atoms with Crippen LogP contribution >= 0.6 is 11.8 Å². The van der Waals surface area contributed by atoms with Crippen LogP contribution in [0.15, 0.2) is 70.6 Å². The minimum Gasteiger partial charge on any atom is -0.492 e. The number of carbonyl (C=O) groups is 2. The first-order valence-corrected chi connectivity index (χ1v) is 10.5. The Morgan fingerprint density at radius 1 is 1.10 bits per heavy atom. The van der Waals surface area contributed by atoms with Crippen LogP contribution in [0.3, 0.4) is 0 Å². The molecule has 8 nitrogen and oxygen atoms in total. The van der Waals surface area contributed by atoms with E-state index in [4.69, 9.17) is 0 Å². The second kappa shape index (κ2) is 9.94. The van der Waals surface area contributed by atoms with Crippen molar-refractivity contribution in [2.45, 2.75) is 25.0 Å². The second-order valence-corrected chi connectivity index (χ2v) is 7.68. The standard InChI is InChI=1S/C22H22N4O4S/c1-14(16-9-5-3-6-10-16)23-18(28)13-31-22-25-20(29)19(24-15(2)27)21(30)26(22)17-11-7-4-8-12-17/h3-12,14,29H,13H2,1-2H3,(H,23,28)(H,24,27)/t14-/m0/s1. The maximum atomic E-state index is 13.0. The zero-order chi connectivity index (χ0) is 22.4. The van der Waals surface area contributed by atoms with Gasteiger partial charge in [-0.25, -0.2) is 0 Å². The van der Waals surface area contributed by atoms with Gasteiger partial charge in [0.25, 0.3) is 5.56 Å². The van der Waals surface area contributed by atoms with E-state index in [2.05, 4.69) is 15.6 Å². The number of anilines is 1. The number of para-hydroxylation sites is 1. The molecule has 1 heterocycles. The number of thioether (sulfide) groups is 1. The summed E-state index contributed by atoms with van der Waals surface area (Å²) in [5.74, 6) is -1.38. The van der Waals surface area contributed by atoms with Crippen LogP contribution in [0.1, 0.15) is 25.5 Å². The predicted octanol–water partition coefficient (Wildman–Crippen LogP) is 2.87. The van der Waals surface area contributed by atoms with Gasteiger partial charge in [-0.1, -0.05) is 60.3 Å². The number of aromatic nitrogens is 2. The molecule has 0 spiro atoms. The van der Waals surface area contributed by atoms with Gasteiger partial charge in [0.1, 0.15) is 0 Å². The van der Waals surface area contributed by atoms with E-state index < -0.39 is 17.3 Å². The van der Waals surface area contributed by atoms with Crippen LogP contribution in [-0.2, 0) is 9.59 Å². The molecule has 0 unspecified atom stereocenters. The van der Waals surface area contributed by atoms with E-state index in [-0.39, 0.29) is 28.5 Å². The second-order valence-electron chi connectivity index (χ2n) is 6.74. The third-order valence-corrected chi connectivity index (χ3v) is 5.30. The van der Waals surface area contributed by atoms with Gasteiger partial charge in [0, 0.05) is 6.92 Å². The highest BCUT2D eigenvalue weighted by atomic mass is 32.2. The molecule has 3 aromatic rings. The molecule has 0 radical (unpaired) electrons. The van der Waals surface area contributed by atoms with Crippen LogP contribution in [-0.4, -0.2) is 32.2 Å². The van der Waals surface area contributed by atoms with Gasteiger partial charge in [0.2, 0.25) is 17.7 Å². The normalized spacial score (nSPS) is 11.5. The van der Waals surface area contributed by atoms with E-state index >= 15 is 0 Å². The SMILES string of the molecule is CC(=O)Nc1c(O)nc(SCC(=O)N[C@@H](C)c2ccccc2)n(-c2ccccc2)c1=O. The third-order valence-electron chi connectivity index (χ3n) is 4.36. The summed E-state index contributed by atoms with van der Waals surface area (Å²) in [4.78, 5) is 40.9. The Balaban J connectivity index is 1.85. The van der Waals surface area contributed by atoms with Crippen molar-refractivity contribution in [2.75, 3.05) is 11.1 Å². The summed E-state index contributed by atoms with van der Waals surface area (Å²) in [7, 11) is 0. The van der Waals surface area contributed by atoms with E-state index in [0.717, 1.165) is 17.3 Å². The molecule has 31 heavy (non-hydrogen) atoms. The van der Waals surface area contributed by atoms with Gasteiger partial charge >= 0.3 is 0 Å². The topological polar surface area (TPSA) is 113 Å². The summed E-state index contributed by atoms with van der Waals surface area (Å²) in [6.45, 7) is 3.11. The Hall–Kier alpha value is -3.59. The zero-order valence-corrected chi connectivity index (χ0v) is 17.8. The van der Waals surface area contributed by atoms with Crippen molar-refractivity contribution in [3.05, 3.63) is 76.6 Å². The van der Waals surface area contributed by atoms with Crippen LogP contribution in [0.2, 0.25) is 0 Å². The Morgan fingerprint density at radius 3 is 2.32 bits per heavy atom. The number of carbonyl (C=O) groups excluding carboxylic acids is 2. The molecule has 0 aliphatic rings. The molecule has 2 aromatic carbocycles. The fourth-order valence-electron chi connectivity index (χ4n) is 2.92. The Morgan fingerprint density at radius 2 is 1.71 bits per heavy atom. The number of benzene rings is 2. The molecule has 2 amide bonds. The van der Waals surface area contributed by atoms with Gasteiger partial charge in [-0.2, -0.15) is 4.98 Å². The maximum absolute atomic E-state index is 13.0. The zero-order valence-electron chi connectivity index (χ0n) is 17.0.